The first-order valence-corrected chi connectivity index (χ1v) is 6.31. The van der Waals surface area contributed by atoms with Crippen LogP contribution in [0, 0.1) is 0 Å². The Balaban J connectivity index is 1.55. The van der Waals surface area contributed by atoms with Crippen LogP contribution in [0.4, 0.5) is 5.69 Å². The van der Waals surface area contributed by atoms with Crippen LogP contribution in [0.5, 0.6) is 6.01 Å². The third kappa shape index (κ3) is 3.39. The van der Waals surface area contributed by atoms with E-state index in [1.807, 2.05) is 0 Å². The molecule has 22 heavy (non-hydrogen) atoms. The fourth-order valence-electron chi connectivity index (χ4n) is 1.58. The topological polar surface area (TPSA) is 108 Å². The molecule has 9 heteroatoms. The van der Waals surface area contributed by atoms with Gasteiger partial charge in [-0.05, 0) is 6.07 Å². The first-order chi connectivity index (χ1) is 10.8. The van der Waals surface area contributed by atoms with Crippen molar-refractivity contribution >= 4 is 11.6 Å². The van der Waals surface area contributed by atoms with Crippen molar-refractivity contribution in [2.24, 2.45) is 0 Å². The molecule has 0 bridgehead atoms. The number of anilines is 1. The zero-order valence-corrected chi connectivity index (χ0v) is 11.3. The molecule has 0 aliphatic carbocycles. The zero-order valence-electron chi connectivity index (χ0n) is 11.3. The van der Waals surface area contributed by atoms with Gasteiger partial charge < -0.3 is 10.1 Å². The summed E-state index contributed by atoms with van der Waals surface area (Å²) in [5, 5.41) is 2.62. The highest BCUT2D eigenvalue weighted by atomic mass is 16.5. The fourth-order valence-corrected chi connectivity index (χ4v) is 1.58. The van der Waals surface area contributed by atoms with Gasteiger partial charge in [0.15, 0.2) is 6.61 Å². The zero-order chi connectivity index (χ0) is 15.2. The average Bonchev–Trinajstić information content (AvgIpc) is 3.09. The number of nitrogens with zero attached hydrogens (tertiary/aromatic N) is 6. The Morgan fingerprint density at radius 1 is 1.14 bits per heavy atom. The third-order valence-electron chi connectivity index (χ3n) is 2.53. The van der Waals surface area contributed by atoms with Gasteiger partial charge in [-0.3, -0.25) is 9.36 Å². The Morgan fingerprint density at radius 2 is 1.91 bits per heavy atom. The van der Waals surface area contributed by atoms with Gasteiger partial charge in [0, 0.05) is 24.8 Å². The molecule has 0 atom stereocenters. The summed E-state index contributed by atoms with van der Waals surface area (Å²) in [7, 11) is 0. The predicted molar refractivity (Wildman–Crippen MR) is 75.3 cm³/mol. The number of amides is 1. The molecule has 3 rings (SSSR count). The second-order valence-electron chi connectivity index (χ2n) is 4.11. The lowest BCUT2D eigenvalue weighted by Gasteiger charge is -2.06. The number of hydrogen-bond donors (Lipinski definition) is 1. The minimum atomic E-state index is -0.355. The molecule has 3 aromatic heterocycles. The van der Waals surface area contributed by atoms with E-state index in [-0.39, 0.29) is 18.5 Å². The average molecular weight is 297 g/mol. The monoisotopic (exact) mass is 297 g/mol. The van der Waals surface area contributed by atoms with E-state index in [1.165, 1.54) is 24.8 Å². The number of aromatic nitrogens is 6. The first-order valence-electron chi connectivity index (χ1n) is 6.31. The van der Waals surface area contributed by atoms with Crippen molar-refractivity contribution in [3.63, 3.8) is 0 Å². The molecule has 0 unspecified atom stereocenters. The van der Waals surface area contributed by atoms with Crippen LogP contribution >= 0.6 is 0 Å². The number of carbonyl (C=O) groups excluding carboxylic acids is 1. The number of ether oxygens (including phenoxy) is 1. The molecule has 110 valence electrons. The molecule has 0 saturated heterocycles. The highest BCUT2D eigenvalue weighted by Gasteiger charge is 2.06. The number of imidazole rings is 1. The normalized spacial score (nSPS) is 10.2. The highest BCUT2D eigenvalue weighted by molar-refractivity contribution is 5.91. The summed E-state index contributed by atoms with van der Waals surface area (Å²) in [6.45, 7) is -0.201. The Morgan fingerprint density at radius 3 is 2.59 bits per heavy atom. The van der Waals surface area contributed by atoms with Crippen LogP contribution in [0.1, 0.15) is 0 Å². The second-order valence-corrected chi connectivity index (χ2v) is 4.11. The van der Waals surface area contributed by atoms with Crippen molar-refractivity contribution in [1.29, 1.82) is 0 Å². The second kappa shape index (κ2) is 6.39. The molecule has 0 radical (unpaired) electrons. The summed E-state index contributed by atoms with van der Waals surface area (Å²) in [6.07, 6.45) is 11.0. The Labute approximate surface area is 125 Å². The number of rotatable bonds is 5. The van der Waals surface area contributed by atoms with Gasteiger partial charge in [0.05, 0.1) is 18.1 Å². The van der Waals surface area contributed by atoms with E-state index in [4.69, 9.17) is 4.74 Å². The molecule has 1 N–H and O–H groups in total. The largest absolute Gasteiger partial charge is 0.453 e. The molecular formula is C13H11N7O2. The molecule has 3 heterocycles. The maximum Gasteiger partial charge on any atom is 0.316 e. The highest BCUT2D eigenvalue weighted by Crippen LogP contribution is 2.06. The maximum absolute atomic E-state index is 11.7. The molecule has 0 fully saturated rings. The quantitative estimate of drug-likeness (QED) is 0.729. The van der Waals surface area contributed by atoms with Crippen molar-refractivity contribution in [3.05, 3.63) is 49.6 Å². The molecule has 0 aliphatic heterocycles. The van der Waals surface area contributed by atoms with Gasteiger partial charge in [0.25, 0.3) is 5.91 Å². The van der Waals surface area contributed by atoms with Crippen LogP contribution in [0.3, 0.4) is 0 Å². The molecule has 0 aliphatic rings. The lowest BCUT2D eigenvalue weighted by molar-refractivity contribution is -0.118. The number of nitrogens with one attached hydrogen (secondary N) is 1. The van der Waals surface area contributed by atoms with Gasteiger partial charge in [-0.1, -0.05) is 0 Å². The predicted octanol–water partition coefficient (Wildman–Crippen LogP) is 0.470. The van der Waals surface area contributed by atoms with Crippen molar-refractivity contribution in [3.8, 4) is 12.0 Å². The molecule has 0 saturated carbocycles. The van der Waals surface area contributed by atoms with E-state index in [0.29, 0.717) is 11.6 Å². The fraction of sp³-hybridized carbons (Fsp3) is 0.0769. The molecule has 1 amide bonds. The van der Waals surface area contributed by atoms with Crippen molar-refractivity contribution < 1.29 is 9.53 Å². The van der Waals surface area contributed by atoms with E-state index in [1.54, 1.807) is 29.4 Å². The first kappa shape index (κ1) is 13.6. The van der Waals surface area contributed by atoms with Crippen LogP contribution in [-0.2, 0) is 4.79 Å². The Kier molecular flexibility index (Phi) is 3.96. The van der Waals surface area contributed by atoms with Gasteiger partial charge in [-0.15, -0.1) is 0 Å². The standard InChI is InChI=1S/C13H11N7O2/c21-11(8-22-13-15-2-1-3-16-13)19-10-6-17-12(18-7-10)20-5-4-14-9-20/h1-7,9H,8H2,(H,19,21). The number of hydrogen-bond acceptors (Lipinski definition) is 7. The lowest BCUT2D eigenvalue weighted by atomic mass is 10.5. The van der Waals surface area contributed by atoms with E-state index >= 15 is 0 Å². The SMILES string of the molecule is O=C(COc1ncccn1)Nc1cnc(-n2ccnc2)nc1. The summed E-state index contributed by atoms with van der Waals surface area (Å²) in [4.78, 5) is 31.6. The van der Waals surface area contributed by atoms with Crippen molar-refractivity contribution in [2.75, 3.05) is 11.9 Å². The van der Waals surface area contributed by atoms with Crippen LogP contribution in [0.25, 0.3) is 5.95 Å². The van der Waals surface area contributed by atoms with Gasteiger partial charge in [0.1, 0.15) is 6.33 Å². The van der Waals surface area contributed by atoms with Crippen LogP contribution in [0.2, 0.25) is 0 Å². The Hall–Kier alpha value is -3.36. The third-order valence-corrected chi connectivity index (χ3v) is 2.53. The van der Waals surface area contributed by atoms with E-state index in [0.717, 1.165) is 0 Å². The smallest absolute Gasteiger partial charge is 0.316 e. The van der Waals surface area contributed by atoms with Crippen molar-refractivity contribution in [1.82, 2.24) is 29.5 Å². The molecule has 9 nitrogen and oxygen atoms in total. The summed E-state index contributed by atoms with van der Waals surface area (Å²) >= 11 is 0. The number of carbonyl (C=O) groups is 1. The summed E-state index contributed by atoms with van der Waals surface area (Å²) in [5.74, 6) is 0.107. The van der Waals surface area contributed by atoms with Gasteiger partial charge in [0.2, 0.25) is 5.95 Å². The van der Waals surface area contributed by atoms with Gasteiger partial charge >= 0.3 is 6.01 Å². The molecule has 3 aromatic rings. The van der Waals surface area contributed by atoms with Crippen LogP contribution in [-0.4, -0.2) is 42.0 Å². The maximum atomic E-state index is 11.7. The molecule has 0 aromatic carbocycles. The summed E-state index contributed by atoms with van der Waals surface area (Å²) in [6, 6.07) is 1.80. The van der Waals surface area contributed by atoms with E-state index in [2.05, 4.69) is 30.2 Å². The molecular weight excluding hydrogens is 286 g/mol. The Bertz CT molecular complexity index is 729. The minimum absolute atomic E-state index is 0.143. The van der Waals surface area contributed by atoms with E-state index in [9.17, 15) is 4.79 Å². The van der Waals surface area contributed by atoms with Gasteiger partial charge in [-0.25, -0.2) is 24.9 Å². The summed E-state index contributed by atoms with van der Waals surface area (Å²) < 4.78 is 6.79. The van der Waals surface area contributed by atoms with Crippen LogP contribution < -0.4 is 10.1 Å². The van der Waals surface area contributed by atoms with Crippen LogP contribution in [0.15, 0.2) is 49.6 Å². The minimum Gasteiger partial charge on any atom is -0.453 e. The summed E-state index contributed by atoms with van der Waals surface area (Å²) in [5.41, 5.74) is 0.464. The van der Waals surface area contributed by atoms with Crippen molar-refractivity contribution in [2.45, 2.75) is 0 Å². The van der Waals surface area contributed by atoms with Gasteiger partial charge in [-0.2, -0.15) is 0 Å². The lowest BCUT2D eigenvalue weighted by Crippen LogP contribution is -2.21. The molecule has 0 spiro atoms. The van der Waals surface area contributed by atoms with E-state index < -0.39 is 0 Å².